The molecular formula is C14H20N2O4. The van der Waals surface area contributed by atoms with E-state index >= 15 is 0 Å². The molecule has 0 aromatic heterocycles. The molecule has 1 fully saturated rings. The van der Waals surface area contributed by atoms with E-state index in [9.17, 15) is 10.2 Å². The number of hydrogen-bond donors (Lipinski definition) is 2. The first kappa shape index (κ1) is 13.5. The molecule has 1 unspecified atom stereocenters. The Morgan fingerprint density at radius 3 is 2.80 bits per heavy atom. The van der Waals surface area contributed by atoms with E-state index in [4.69, 9.17) is 9.47 Å². The Labute approximate surface area is 118 Å². The number of benzene rings is 1. The summed E-state index contributed by atoms with van der Waals surface area (Å²) in [4.78, 5) is 4.06. The quantitative estimate of drug-likeness (QED) is 0.805. The topological polar surface area (TPSA) is 65.4 Å². The van der Waals surface area contributed by atoms with Crippen LogP contribution < -0.4 is 14.4 Å². The first-order valence-electron chi connectivity index (χ1n) is 6.93. The Hall–Kier alpha value is -1.50. The van der Waals surface area contributed by atoms with Crippen LogP contribution in [0.2, 0.25) is 0 Å². The van der Waals surface area contributed by atoms with Gasteiger partial charge in [0.25, 0.3) is 0 Å². The lowest BCUT2D eigenvalue weighted by Gasteiger charge is -2.42. The fourth-order valence-electron chi connectivity index (χ4n) is 2.81. The van der Waals surface area contributed by atoms with Gasteiger partial charge in [0.05, 0.1) is 25.1 Å². The molecule has 2 heterocycles. The molecule has 110 valence electrons. The number of ether oxygens (including phenoxy) is 2. The van der Waals surface area contributed by atoms with Crippen LogP contribution in [0.4, 0.5) is 5.69 Å². The van der Waals surface area contributed by atoms with E-state index in [0.717, 1.165) is 30.3 Å². The van der Waals surface area contributed by atoms with Gasteiger partial charge in [0, 0.05) is 19.6 Å². The highest BCUT2D eigenvalue weighted by molar-refractivity contribution is 5.66. The third-order valence-electron chi connectivity index (χ3n) is 3.83. The summed E-state index contributed by atoms with van der Waals surface area (Å²) in [6.45, 7) is 3.32. The van der Waals surface area contributed by atoms with Gasteiger partial charge >= 0.3 is 0 Å². The number of aliphatic hydroxyl groups excluding tert-OH is 2. The number of para-hydroxylation sites is 1. The predicted octanol–water partition coefficient (Wildman–Crippen LogP) is -0.109. The molecule has 0 amide bonds. The average Bonchev–Trinajstić information content (AvgIpc) is 2.53. The van der Waals surface area contributed by atoms with Crippen molar-refractivity contribution in [2.45, 2.75) is 6.04 Å². The molecule has 0 aliphatic carbocycles. The number of fused-ring (bicyclic) bond motifs is 1. The molecule has 1 aromatic rings. The van der Waals surface area contributed by atoms with E-state index in [1.165, 1.54) is 0 Å². The van der Waals surface area contributed by atoms with Gasteiger partial charge in [-0.15, -0.1) is 0 Å². The van der Waals surface area contributed by atoms with Gasteiger partial charge in [-0.05, 0) is 12.1 Å². The van der Waals surface area contributed by atoms with Gasteiger partial charge in [-0.25, -0.2) is 0 Å². The van der Waals surface area contributed by atoms with Crippen molar-refractivity contribution in [2.75, 3.05) is 51.1 Å². The van der Waals surface area contributed by atoms with Crippen LogP contribution >= 0.6 is 0 Å². The maximum absolute atomic E-state index is 9.62. The Kier molecular flexibility index (Phi) is 3.95. The summed E-state index contributed by atoms with van der Waals surface area (Å²) < 4.78 is 11.3. The Morgan fingerprint density at radius 1 is 1.15 bits per heavy atom. The van der Waals surface area contributed by atoms with Gasteiger partial charge in [0.15, 0.2) is 11.5 Å². The number of rotatable bonds is 3. The van der Waals surface area contributed by atoms with Crippen LogP contribution in [-0.4, -0.2) is 67.3 Å². The largest absolute Gasteiger partial charge is 0.486 e. The number of piperazine rings is 1. The van der Waals surface area contributed by atoms with Crippen molar-refractivity contribution in [3.05, 3.63) is 18.2 Å². The zero-order valence-electron chi connectivity index (χ0n) is 11.4. The molecule has 1 aromatic carbocycles. The van der Waals surface area contributed by atoms with Gasteiger partial charge in [0.2, 0.25) is 0 Å². The van der Waals surface area contributed by atoms with E-state index in [2.05, 4.69) is 4.90 Å². The van der Waals surface area contributed by atoms with Crippen molar-refractivity contribution in [3.63, 3.8) is 0 Å². The normalized spacial score (nSPS) is 22.9. The third-order valence-corrected chi connectivity index (χ3v) is 3.83. The van der Waals surface area contributed by atoms with E-state index in [1.54, 1.807) is 0 Å². The molecule has 1 saturated heterocycles. The van der Waals surface area contributed by atoms with Crippen LogP contribution in [0.5, 0.6) is 11.5 Å². The summed E-state index contributed by atoms with van der Waals surface area (Å²) in [6.07, 6.45) is 0. The molecule has 0 spiro atoms. The molecule has 6 heteroatoms. The lowest BCUT2D eigenvalue weighted by Crippen LogP contribution is -2.55. The first-order chi connectivity index (χ1) is 9.83. The SMILES string of the molecule is OCC1CN(CO)CCN1c1cccc2c1OCCO2. The van der Waals surface area contributed by atoms with Crippen LogP contribution in [0.1, 0.15) is 0 Å². The molecule has 6 nitrogen and oxygen atoms in total. The highest BCUT2D eigenvalue weighted by Crippen LogP contribution is 2.40. The van der Waals surface area contributed by atoms with Gasteiger partial charge in [-0.1, -0.05) is 6.07 Å². The Balaban J connectivity index is 1.88. The summed E-state index contributed by atoms with van der Waals surface area (Å²) >= 11 is 0. The zero-order chi connectivity index (χ0) is 13.9. The summed E-state index contributed by atoms with van der Waals surface area (Å²) in [5, 5.41) is 18.9. The van der Waals surface area contributed by atoms with E-state index in [1.807, 2.05) is 23.1 Å². The van der Waals surface area contributed by atoms with Crippen molar-refractivity contribution in [1.29, 1.82) is 0 Å². The summed E-state index contributed by atoms with van der Waals surface area (Å²) in [5.41, 5.74) is 0.957. The van der Waals surface area contributed by atoms with E-state index in [-0.39, 0.29) is 19.4 Å². The number of anilines is 1. The molecule has 0 radical (unpaired) electrons. The second kappa shape index (κ2) is 5.87. The highest BCUT2D eigenvalue weighted by atomic mass is 16.6. The van der Waals surface area contributed by atoms with Crippen LogP contribution in [-0.2, 0) is 0 Å². The van der Waals surface area contributed by atoms with Crippen molar-refractivity contribution < 1.29 is 19.7 Å². The summed E-state index contributed by atoms with van der Waals surface area (Å²) in [5.74, 6) is 1.52. The van der Waals surface area contributed by atoms with Crippen molar-refractivity contribution in [1.82, 2.24) is 4.90 Å². The third kappa shape index (κ3) is 2.42. The second-order valence-electron chi connectivity index (χ2n) is 5.05. The number of nitrogens with zero attached hydrogens (tertiary/aromatic N) is 2. The van der Waals surface area contributed by atoms with Crippen molar-refractivity contribution in [3.8, 4) is 11.5 Å². The predicted molar refractivity (Wildman–Crippen MR) is 74.3 cm³/mol. The molecule has 0 saturated carbocycles. The molecule has 1 atom stereocenters. The van der Waals surface area contributed by atoms with Gasteiger partial charge in [0.1, 0.15) is 13.2 Å². The van der Waals surface area contributed by atoms with Crippen LogP contribution in [0.15, 0.2) is 18.2 Å². The molecule has 2 aliphatic rings. The van der Waals surface area contributed by atoms with Crippen molar-refractivity contribution >= 4 is 5.69 Å². The number of aliphatic hydroxyl groups is 2. The smallest absolute Gasteiger partial charge is 0.184 e. The first-order valence-corrected chi connectivity index (χ1v) is 6.93. The number of hydrogen-bond acceptors (Lipinski definition) is 6. The molecule has 2 N–H and O–H groups in total. The van der Waals surface area contributed by atoms with E-state index in [0.29, 0.717) is 19.8 Å². The minimum atomic E-state index is -0.0482. The molecule has 3 rings (SSSR count). The Morgan fingerprint density at radius 2 is 2.00 bits per heavy atom. The maximum Gasteiger partial charge on any atom is 0.184 e. The monoisotopic (exact) mass is 280 g/mol. The minimum absolute atomic E-state index is 0.0247. The van der Waals surface area contributed by atoms with Crippen molar-refractivity contribution in [2.24, 2.45) is 0 Å². The molecular weight excluding hydrogens is 260 g/mol. The van der Waals surface area contributed by atoms with Gasteiger partial charge < -0.3 is 24.6 Å². The summed E-state index contributed by atoms with van der Waals surface area (Å²) in [7, 11) is 0. The second-order valence-corrected chi connectivity index (χ2v) is 5.05. The minimum Gasteiger partial charge on any atom is -0.486 e. The van der Waals surface area contributed by atoms with Gasteiger partial charge in [-0.2, -0.15) is 0 Å². The fourth-order valence-corrected chi connectivity index (χ4v) is 2.81. The van der Waals surface area contributed by atoms with Crippen LogP contribution in [0.25, 0.3) is 0 Å². The van der Waals surface area contributed by atoms with Crippen LogP contribution in [0, 0.1) is 0 Å². The standard InChI is InChI=1S/C14H20N2O4/c17-9-11-8-15(10-18)4-5-16(11)12-2-1-3-13-14(12)20-7-6-19-13/h1-3,11,17-18H,4-10H2. The molecule has 2 aliphatic heterocycles. The highest BCUT2D eigenvalue weighted by Gasteiger charge is 2.29. The molecule has 20 heavy (non-hydrogen) atoms. The van der Waals surface area contributed by atoms with Crippen LogP contribution in [0.3, 0.4) is 0 Å². The lowest BCUT2D eigenvalue weighted by molar-refractivity contribution is 0.0761. The lowest BCUT2D eigenvalue weighted by atomic mass is 10.1. The fraction of sp³-hybridized carbons (Fsp3) is 0.571. The van der Waals surface area contributed by atoms with Gasteiger partial charge in [-0.3, -0.25) is 4.90 Å². The van der Waals surface area contributed by atoms with E-state index < -0.39 is 0 Å². The molecule has 0 bridgehead atoms. The zero-order valence-corrected chi connectivity index (χ0v) is 11.4. The Bertz CT molecular complexity index is 468. The average molecular weight is 280 g/mol. The maximum atomic E-state index is 9.62. The summed E-state index contributed by atoms with van der Waals surface area (Å²) in [6, 6.07) is 5.78.